The Morgan fingerprint density at radius 1 is 1.29 bits per heavy atom. The van der Waals surface area contributed by atoms with E-state index in [-0.39, 0.29) is 35.1 Å². The van der Waals surface area contributed by atoms with Crippen LogP contribution in [-0.2, 0) is 10.1 Å². The molecule has 0 saturated heterocycles. The molecule has 2 rings (SSSR count). The second-order valence-corrected chi connectivity index (χ2v) is 4.73. The van der Waals surface area contributed by atoms with Gasteiger partial charge in [0.2, 0.25) is 0 Å². The number of nitrogens with zero attached hydrogens (tertiary/aromatic N) is 1. The second-order valence-electron chi connectivity index (χ2n) is 3.30. The first kappa shape index (κ1) is 14.6. The Morgan fingerprint density at radius 2 is 2.00 bits per heavy atom. The Bertz CT molecular complexity index is 629. The van der Waals surface area contributed by atoms with Crippen molar-refractivity contribution in [2.45, 2.75) is 5.44 Å². The van der Waals surface area contributed by atoms with Gasteiger partial charge in [0.15, 0.2) is 5.44 Å². The molecule has 0 spiro atoms. The molecule has 2 aromatic rings. The van der Waals surface area contributed by atoms with Crippen LogP contribution < -0.4 is 29.6 Å². The van der Waals surface area contributed by atoms with Crippen molar-refractivity contribution in [2.75, 3.05) is 0 Å². The first-order valence-corrected chi connectivity index (χ1v) is 5.93. The summed E-state index contributed by atoms with van der Waals surface area (Å²) in [6.45, 7) is 0. The van der Waals surface area contributed by atoms with E-state index < -0.39 is 15.6 Å². The summed E-state index contributed by atoms with van der Waals surface area (Å²) in [5.41, 5.74) is -1.31. The van der Waals surface area contributed by atoms with Crippen LogP contribution in [-0.4, -0.2) is 23.1 Å². The number of hydrogen-bond donors (Lipinski definition) is 1. The maximum absolute atomic E-state index is 10.6. The number of rotatable bonds is 2. The molecular formula is C10H8NNaO4S. The molecule has 7 heteroatoms. The van der Waals surface area contributed by atoms with Crippen LogP contribution in [0, 0.1) is 0 Å². The molecule has 1 N–H and O–H groups in total. The summed E-state index contributed by atoms with van der Waals surface area (Å²) in [4.78, 5) is 4.03. The number of pyridine rings is 1. The van der Waals surface area contributed by atoms with Gasteiger partial charge in [-0.15, -0.1) is 0 Å². The molecule has 1 unspecified atom stereocenters. The summed E-state index contributed by atoms with van der Waals surface area (Å²) in [5, 5.41) is 9.96. The third kappa shape index (κ3) is 3.25. The van der Waals surface area contributed by atoms with Crippen molar-refractivity contribution in [3.05, 3.63) is 42.1 Å². The molecule has 17 heavy (non-hydrogen) atoms. The molecule has 0 saturated carbocycles. The van der Waals surface area contributed by atoms with Crippen molar-refractivity contribution in [1.82, 2.24) is 4.98 Å². The van der Waals surface area contributed by atoms with E-state index in [9.17, 15) is 18.1 Å². The van der Waals surface area contributed by atoms with E-state index in [1.165, 1.54) is 12.1 Å². The van der Waals surface area contributed by atoms with Crippen molar-refractivity contribution in [1.29, 1.82) is 0 Å². The molecular weight excluding hydrogens is 253 g/mol. The summed E-state index contributed by atoms with van der Waals surface area (Å²) in [5.74, 6) is 0. The topological polar surface area (TPSA) is 90.3 Å². The maximum Gasteiger partial charge on any atom is 1.00 e. The molecule has 1 aromatic heterocycles. The first-order valence-electron chi connectivity index (χ1n) is 4.46. The number of aliphatic hydroxyl groups is 1. The number of aromatic nitrogens is 1. The Morgan fingerprint density at radius 3 is 2.65 bits per heavy atom. The monoisotopic (exact) mass is 261 g/mol. The van der Waals surface area contributed by atoms with Crippen LogP contribution in [0.5, 0.6) is 0 Å². The van der Waals surface area contributed by atoms with Crippen molar-refractivity contribution < 1.29 is 47.6 Å². The van der Waals surface area contributed by atoms with Gasteiger partial charge in [-0.05, 0) is 23.8 Å². The van der Waals surface area contributed by atoms with Crippen LogP contribution in [0.2, 0.25) is 0 Å². The molecule has 0 fully saturated rings. The second kappa shape index (κ2) is 5.43. The van der Waals surface area contributed by atoms with Crippen LogP contribution in [0.3, 0.4) is 0 Å². The van der Waals surface area contributed by atoms with Crippen LogP contribution in [0.4, 0.5) is 0 Å². The van der Waals surface area contributed by atoms with E-state index in [2.05, 4.69) is 4.98 Å². The Labute approximate surface area is 121 Å². The SMILES string of the molecule is O=S(=O)([O-])C(O)c1ccc2ncccc2c1.[Na+]. The van der Waals surface area contributed by atoms with E-state index in [1.807, 2.05) is 0 Å². The van der Waals surface area contributed by atoms with Gasteiger partial charge in [0.1, 0.15) is 10.1 Å². The van der Waals surface area contributed by atoms with Crippen molar-refractivity contribution >= 4 is 21.0 Å². The van der Waals surface area contributed by atoms with Gasteiger partial charge >= 0.3 is 29.6 Å². The minimum absolute atomic E-state index is 0. The molecule has 1 atom stereocenters. The van der Waals surface area contributed by atoms with Crippen molar-refractivity contribution in [2.24, 2.45) is 0 Å². The fourth-order valence-electron chi connectivity index (χ4n) is 1.41. The van der Waals surface area contributed by atoms with Gasteiger partial charge < -0.3 is 9.66 Å². The zero-order valence-corrected chi connectivity index (χ0v) is 11.9. The van der Waals surface area contributed by atoms with E-state index in [1.54, 1.807) is 24.4 Å². The third-order valence-electron chi connectivity index (χ3n) is 2.19. The minimum Gasteiger partial charge on any atom is -0.746 e. The molecule has 1 aromatic carbocycles. The van der Waals surface area contributed by atoms with Gasteiger partial charge in [-0.2, -0.15) is 0 Å². The predicted molar refractivity (Wildman–Crippen MR) is 56.4 cm³/mol. The van der Waals surface area contributed by atoms with Gasteiger partial charge in [-0.3, -0.25) is 4.98 Å². The van der Waals surface area contributed by atoms with E-state index in [0.717, 1.165) is 0 Å². The fourth-order valence-corrected chi connectivity index (χ4v) is 1.89. The van der Waals surface area contributed by atoms with E-state index in [4.69, 9.17) is 0 Å². The van der Waals surface area contributed by atoms with E-state index >= 15 is 0 Å². The normalized spacial score (nSPS) is 13.1. The predicted octanol–water partition coefficient (Wildman–Crippen LogP) is -2.23. The molecule has 0 radical (unpaired) electrons. The summed E-state index contributed by atoms with van der Waals surface area (Å²) >= 11 is 0. The van der Waals surface area contributed by atoms with Crippen LogP contribution in [0.25, 0.3) is 10.9 Å². The van der Waals surface area contributed by atoms with E-state index in [0.29, 0.717) is 10.9 Å². The number of aliphatic hydroxyl groups excluding tert-OH is 1. The summed E-state index contributed by atoms with van der Waals surface area (Å²) in [7, 11) is -4.74. The first-order chi connectivity index (χ1) is 7.48. The molecule has 84 valence electrons. The zero-order chi connectivity index (χ0) is 11.8. The Kier molecular flexibility index (Phi) is 4.65. The molecule has 0 aliphatic heterocycles. The molecule has 1 heterocycles. The standard InChI is InChI=1S/C10H9NO4S.Na/c12-10(16(13,14)15)8-3-4-9-7(6-8)2-1-5-11-9;/h1-6,10,12H,(H,13,14,15);/q;+1/p-1. The molecule has 0 aliphatic carbocycles. The fraction of sp³-hybridized carbons (Fsp3) is 0.100. The summed E-state index contributed by atoms with van der Waals surface area (Å²) in [6.07, 6.45) is 1.60. The quantitative estimate of drug-likeness (QED) is 0.488. The zero-order valence-electron chi connectivity index (χ0n) is 9.07. The smallest absolute Gasteiger partial charge is 0.746 e. The van der Waals surface area contributed by atoms with Crippen molar-refractivity contribution in [3.8, 4) is 0 Å². The van der Waals surface area contributed by atoms with Crippen LogP contribution in [0.1, 0.15) is 11.0 Å². The summed E-state index contributed by atoms with van der Waals surface area (Å²) in [6, 6.07) is 7.76. The minimum atomic E-state index is -4.74. The number of benzene rings is 1. The average Bonchev–Trinajstić information content (AvgIpc) is 2.26. The van der Waals surface area contributed by atoms with Gasteiger partial charge in [-0.1, -0.05) is 12.1 Å². The number of hydrogen-bond acceptors (Lipinski definition) is 5. The molecule has 0 amide bonds. The molecule has 5 nitrogen and oxygen atoms in total. The summed E-state index contributed by atoms with van der Waals surface area (Å²) < 4.78 is 31.9. The van der Waals surface area contributed by atoms with Gasteiger partial charge in [-0.25, -0.2) is 8.42 Å². The van der Waals surface area contributed by atoms with Crippen LogP contribution in [0.15, 0.2) is 36.5 Å². The van der Waals surface area contributed by atoms with Gasteiger partial charge in [0.25, 0.3) is 0 Å². The molecule has 0 bridgehead atoms. The Balaban J connectivity index is 0.00000144. The Hall–Kier alpha value is -0.500. The molecule has 0 aliphatic rings. The third-order valence-corrected chi connectivity index (χ3v) is 3.00. The van der Waals surface area contributed by atoms with Gasteiger partial charge in [0.05, 0.1) is 5.52 Å². The largest absolute Gasteiger partial charge is 1.00 e. The number of fused-ring (bicyclic) bond motifs is 1. The average molecular weight is 261 g/mol. The van der Waals surface area contributed by atoms with Crippen molar-refractivity contribution in [3.63, 3.8) is 0 Å². The van der Waals surface area contributed by atoms with Gasteiger partial charge in [0, 0.05) is 11.6 Å². The maximum atomic E-state index is 10.6. The van der Waals surface area contributed by atoms with Crippen LogP contribution >= 0.6 is 0 Å².